The van der Waals surface area contributed by atoms with Gasteiger partial charge >= 0.3 is 5.69 Å². The molecule has 4 nitrogen and oxygen atoms in total. The second-order valence-corrected chi connectivity index (χ2v) is 5.67. The van der Waals surface area contributed by atoms with Crippen LogP contribution in [-0.2, 0) is 0 Å². The number of hydrogen-bond acceptors (Lipinski definition) is 3. The molecule has 0 saturated carbocycles. The van der Waals surface area contributed by atoms with Crippen LogP contribution in [0.1, 0.15) is 19.3 Å². The Kier molecular flexibility index (Phi) is 6.96. The molecule has 0 saturated heterocycles. The van der Waals surface area contributed by atoms with Crippen LogP contribution >= 0.6 is 43.5 Å². The van der Waals surface area contributed by atoms with Gasteiger partial charge in [0.1, 0.15) is 0 Å². The molecule has 0 bridgehead atoms. The molecular weight excluding hydrogens is 389 g/mol. The second-order valence-electron chi connectivity index (χ2n) is 3.59. The Morgan fingerprint density at radius 3 is 2.67 bits per heavy atom. The highest BCUT2D eigenvalue weighted by Gasteiger charge is 2.19. The molecule has 1 aromatic rings. The van der Waals surface area contributed by atoms with Gasteiger partial charge in [-0.2, -0.15) is 0 Å². The fourth-order valence-corrected chi connectivity index (χ4v) is 2.68. The van der Waals surface area contributed by atoms with Crippen LogP contribution in [0.2, 0.25) is 5.02 Å². The highest BCUT2D eigenvalue weighted by atomic mass is 79.9. The fourth-order valence-electron chi connectivity index (χ4n) is 1.37. The fraction of sp³-hybridized carbons (Fsp3) is 0.455. The van der Waals surface area contributed by atoms with Gasteiger partial charge in [0.15, 0.2) is 0 Å². The Morgan fingerprint density at radius 1 is 1.33 bits per heavy atom. The number of unbranched alkanes of at least 4 members (excludes halogenated alkanes) is 2. The SMILES string of the molecule is O=[N+]([O-])c1cc(Cl)cc(Br)c1OCCCCCBr. The summed E-state index contributed by atoms with van der Waals surface area (Å²) >= 11 is 12.3. The van der Waals surface area contributed by atoms with Crippen LogP contribution in [0, 0.1) is 10.1 Å². The molecule has 1 aromatic carbocycles. The predicted octanol–water partition coefficient (Wildman–Crippen LogP) is 4.95. The van der Waals surface area contributed by atoms with Gasteiger partial charge < -0.3 is 4.74 Å². The van der Waals surface area contributed by atoms with E-state index in [1.807, 2.05) is 0 Å². The lowest BCUT2D eigenvalue weighted by atomic mass is 10.2. The summed E-state index contributed by atoms with van der Waals surface area (Å²) in [6.45, 7) is 0.452. The average molecular weight is 401 g/mol. The number of hydrogen-bond donors (Lipinski definition) is 0. The van der Waals surface area contributed by atoms with Gasteiger partial charge in [-0.15, -0.1) is 0 Å². The van der Waals surface area contributed by atoms with Gasteiger partial charge in [-0.05, 0) is 41.3 Å². The van der Waals surface area contributed by atoms with Crippen molar-refractivity contribution in [2.45, 2.75) is 19.3 Å². The third-order valence-corrected chi connectivity index (χ3v) is 3.58. The van der Waals surface area contributed by atoms with E-state index in [1.165, 1.54) is 6.07 Å². The number of rotatable bonds is 7. The Balaban J connectivity index is 2.71. The number of nitro benzene ring substituents is 1. The Bertz CT molecular complexity index is 429. The minimum absolute atomic E-state index is 0.116. The largest absolute Gasteiger partial charge is 0.486 e. The first kappa shape index (κ1) is 15.7. The van der Waals surface area contributed by atoms with E-state index in [4.69, 9.17) is 16.3 Å². The van der Waals surface area contributed by atoms with Crippen molar-refractivity contribution >= 4 is 49.1 Å². The molecule has 0 spiro atoms. The maximum atomic E-state index is 10.9. The minimum Gasteiger partial charge on any atom is -0.486 e. The van der Waals surface area contributed by atoms with Gasteiger partial charge in [0, 0.05) is 16.4 Å². The molecule has 0 radical (unpaired) electrons. The second kappa shape index (κ2) is 7.96. The molecule has 0 N–H and O–H groups in total. The molecule has 0 aliphatic carbocycles. The minimum atomic E-state index is -0.496. The molecule has 0 aromatic heterocycles. The van der Waals surface area contributed by atoms with E-state index in [1.54, 1.807) is 6.07 Å². The van der Waals surface area contributed by atoms with Crippen molar-refractivity contribution in [3.63, 3.8) is 0 Å². The summed E-state index contributed by atoms with van der Waals surface area (Å²) in [6, 6.07) is 2.88. The smallest absolute Gasteiger partial charge is 0.313 e. The summed E-state index contributed by atoms with van der Waals surface area (Å²) in [4.78, 5) is 10.4. The third kappa shape index (κ3) is 4.74. The summed E-state index contributed by atoms with van der Waals surface area (Å²) in [6.07, 6.45) is 2.94. The lowest BCUT2D eigenvalue weighted by molar-refractivity contribution is -0.385. The van der Waals surface area contributed by atoms with Crippen molar-refractivity contribution in [3.05, 3.63) is 31.7 Å². The summed E-state index contributed by atoms with van der Waals surface area (Å²) in [5, 5.41) is 12.2. The van der Waals surface area contributed by atoms with Gasteiger partial charge in [0.05, 0.1) is 16.0 Å². The molecule has 100 valence electrons. The van der Waals surface area contributed by atoms with Gasteiger partial charge in [-0.3, -0.25) is 10.1 Å². The van der Waals surface area contributed by atoms with Crippen LogP contribution in [0.5, 0.6) is 5.75 Å². The molecule has 0 fully saturated rings. The van der Waals surface area contributed by atoms with Gasteiger partial charge in [0.2, 0.25) is 5.75 Å². The summed E-state index contributed by atoms with van der Waals surface area (Å²) in [7, 11) is 0. The Labute approximate surface area is 127 Å². The Hall–Kier alpha value is -0.330. The maximum Gasteiger partial charge on any atom is 0.313 e. The molecule has 0 heterocycles. The first-order chi connectivity index (χ1) is 8.56. The number of ether oxygens (including phenoxy) is 1. The number of halogens is 3. The van der Waals surface area contributed by atoms with E-state index in [2.05, 4.69) is 31.9 Å². The van der Waals surface area contributed by atoms with Crippen molar-refractivity contribution in [1.82, 2.24) is 0 Å². The van der Waals surface area contributed by atoms with Crippen LogP contribution in [-0.4, -0.2) is 16.9 Å². The normalized spacial score (nSPS) is 10.4. The van der Waals surface area contributed by atoms with E-state index in [0.29, 0.717) is 16.1 Å². The lowest BCUT2D eigenvalue weighted by Gasteiger charge is -2.08. The first-order valence-corrected chi connectivity index (χ1v) is 7.67. The van der Waals surface area contributed by atoms with Crippen LogP contribution < -0.4 is 4.74 Å². The summed E-state index contributed by atoms with van der Waals surface area (Å²) in [5.74, 6) is 0.239. The first-order valence-electron chi connectivity index (χ1n) is 5.38. The van der Waals surface area contributed by atoms with Gasteiger partial charge in [0.25, 0.3) is 0 Å². The van der Waals surface area contributed by atoms with Gasteiger partial charge in [-0.1, -0.05) is 27.5 Å². The number of nitrogens with zero attached hydrogens (tertiary/aromatic N) is 1. The lowest BCUT2D eigenvalue weighted by Crippen LogP contribution is -2.01. The van der Waals surface area contributed by atoms with Crippen molar-refractivity contribution in [2.75, 3.05) is 11.9 Å². The van der Waals surface area contributed by atoms with E-state index in [9.17, 15) is 10.1 Å². The van der Waals surface area contributed by atoms with Crippen molar-refractivity contribution < 1.29 is 9.66 Å². The Morgan fingerprint density at radius 2 is 2.06 bits per heavy atom. The zero-order chi connectivity index (χ0) is 13.5. The molecule has 7 heteroatoms. The maximum absolute atomic E-state index is 10.9. The zero-order valence-corrected chi connectivity index (χ0v) is 13.4. The monoisotopic (exact) mass is 399 g/mol. The number of nitro groups is 1. The van der Waals surface area contributed by atoms with Crippen LogP contribution in [0.4, 0.5) is 5.69 Å². The topological polar surface area (TPSA) is 52.4 Å². The van der Waals surface area contributed by atoms with Crippen LogP contribution in [0.15, 0.2) is 16.6 Å². The molecule has 0 atom stereocenters. The van der Waals surface area contributed by atoms with E-state index >= 15 is 0 Å². The predicted molar refractivity (Wildman–Crippen MR) is 78.9 cm³/mol. The highest BCUT2D eigenvalue weighted by Crippen LogP contribution is 2.37. The zero-order valence-electron chi connectivity index (χ0n) is 9.50. The molecular formula is C11H12Br2ClNO3. The number of benzene rings is 1. The summed E-state index contributed by atoms with van der Waals surface area (Å²) in [5.41, 5.74) is -0.116. The van der Waals surface area contributed by atoms with E-state index < -0.39 is 4.92 Å². The molecule has 0 aliphatic heterocycles. The molecule has 18 heavy (non-hydrogen) atoms. The molecule has 0 amide bonds. The van der Waals surface area contributed by atoms with E-state index in [-0.39, 0.29) is 11.4 Å². The van der Waals surface area contributed by atoms with Gasteiger partial charge in [-0.25, -0.2) is 0 Å². The summed E-state index contributed by atoms with van der Waals surface area (Å²) < 4.78 is 5.97. The molecule has 0 aliphatic rings. The van der Waals surface area contributed by atoms with E-state index in [0.717, 1.165) is 24.6 Å². The van der Waals surface area contributed by atoms with Crippen molar-refractivity contribution in [1.29, 1.82) is 0 Å². The highest BCUT2D eigenvalue weighted by molar-refractivity contribution is 9.10. The third-order valence-electron chi connectivity index (χ3n) is 2.21. The van der Waals surface area contributed by atoms with Crippen molar-refractivity contribution in [3.8, 4) is 5.75 Å². The standard InChI is InChI=1S/C11H12Br2ClNO3/c12-4-2-1-3-5-18-11-9(13)6-8(14)7-10(11)15(16)17/h6-7H,1-5H2. The number of alkyl halides is 1. The van der Waals surface area contributed by atoms with Crippen LogP contribution in [0.3, 0.4) is 0 Å². The molecule has 0 unspecified atom stereocenters. The van der Waals surface area contributed by atoms with Crippen molar-refractivity contribution in [2.24, 2.45) is 0 Å². The molecule has 1 rings (SSSR count). The van der Waals surface area contributed by atoms with Crippen LogP contribution in [0.25, 0.3) is 0 Å². The average Bonchev–Trinajstić information content (AvgIpc) is 2.30. The quantitative estimate of drug-likeness (QED) is 0.281.